The van der Waals surface area contributed by atoms with Gasteiger partial charge in [0.2, 0.25) is 0 Å². The Morgan fingerprint density at radius 1 is 1.06 bits per heavy atom. The zero-order valence-corrected chi connectivity index (χ0v) is 18.5. The number of sulfone groups is 1. The van der Waals surface area contributed by atoms with Crippen LogP contribution in [0.4, 0.5) is 13.2 Å². The van der Waals surface area contributed by atoms with Crippen molar-refractivity contribution in [3.8, 4) is 0 Å². The lowest BCUT2D eigenvalue weighted by atomic mass is 10.2. The predicted octanol–water partition coefficient (Wildman–Crippen LogP) is -0.205. The number of alkyl halides is 3. The molecule has 2 heterocycles. The highest BCUT2D eigenvalue weighted by atomic mass is 32.2. The zero-order chi connectivity index (χ0) is 22.9. The number of nitrogens with one attached hydrogen (secondary N) is 1. The molecule has 1 aromatic rings. The molecule has 1 N–H and O–H groups in total. The fourth-order valence-corrected chi connectivity index (χ4v) is 3.89. The minimum atomic E-state index is -4.63. The van der Waals surface area contributed by atoms with E-state index in [1.54, 1.807) is 4.90 Å². The summed E-state index contributed by atoms with van der Waals surface area (Å²) in [6.07, 6.45) is -3.51. The van der Waals surface area contributed by atoms with Gasteiger partial charge in [-0.25, -0.2) is 13.1 Å². The quantitative estimate of drug-likeness (QED) is 0.346. The van der Waals surface area contributed by atoms with Gasteiger partial charge in [0.05, 0.1) is 51.4 Å². The molecule has 180 valence electrons. The summed E-state index contributed by atoms with van der Waals surface area (Å²) in [6.45, 7) is 2.94. The predicted molar refractivity (Wildman–Crippen MR) is 105 cm³/mol. The lowest BCUT2D eigenvalue weighted by Gasteiger charge is -2.37. The Balaban J connectivity index is 1.72. The molecule has 0 aromatic carbocycles. The van der Waals surface area contributed by atoms with E-state index in [2.05, 4.69) is 15.6 Å². The lowest BCUT2D eigenvalue weighted by molar-refractivity contribution is -0.145. The maximum atomic E-state index is 13.5. The van der Waals surface area contributed by atoms with E-state index in [9.17, 15) is 21.6 Å². The lowest BCUT2D eigenvalue weighted by Crippen LogP contribution is -2.53. The highest BCUT2D eigenvalue weighted by molar-refractivity contribution is 7.91. The number of nitrogens with zero attached hydrogens (tertiary/aromatic N) is 4. The standard InChI is InChI=1S/C17H30F3N5O5S/c1-21-3-5-28-7-9-30-10-8-29-6-4-25-16(17(18,19)20)15(22-23-25)13-24-11-14(12-24)31(2,26)27/h14,21H,3-13H2,1-2H3. The summed E-state index contributed by atoms with van der Waals surface area (Å²) >= 11 is 0. The molecular formula is C17H30F3N5O5S. The topological polar surface area (TPSA) is 108 Å². The van der Waals surface area contributed by atoms with E-state index in [0.29, 0.717) is 26.4 Å². The molecule has 0 radical (unpaired) electrons. The van der Waals surface area contributed by atoms with Crippen molar-refractivity contribution in [3.05, 3.63) is 11.4 Å². The first kappa shape index (κ1) is 25.9. The first-order chi connectivity index (χ1) is 14.6. The zero-order valence-electron chi connectivity index (χ0n) is 17.7. The van der Waals surface area contributed by atoms with Gasteiger partial charge in [-0.05, 0) is 7.05 Å². The maximum Gasteiger partial charge on any atom is 0.434 e. The van der Waals surface area contributed by atoms with Crippen LogP contribution in [0.15, 0.2) is 0 Å². The summed E-state index contributed by atoms with van der Waals surface area (Å²) in [5.41, 5.74) is -1.16. The van der Waals surface area contributed by atoms with Crippen molar-refractivity contribution in [2.24, 2.45) is 0 Å². The van der Waals surface area contributed by atoms with Crippen LogP contribution in [-0.2, 0) is 43.3 Å². The first-order valence-electron chi connectivity index (χ1n) is 9.91. The highest BCUT2D eigenvalue weighted by Gasteiger charge is 2.41. The minimum Gasteiger partial charge on any atom is -0.378 e. The van der Waals surface area contributed by atoms with E-state index in [0.717, 1.165) is 17.5 Å². The number of likely N-dealkylation sites (tertiary alicyclic amines) is 1. The number of rotatable bonds is 15. The highest BCUT2D eigenvalue weighted by Crippen LogP contribution is 2.32. The van der Waals surface area contributed by atoms with Crippen molar-refractivity contribution in [1.82, 2.24) is 25.2 Å². The molecule has 1 fully saturated rings. The molecule has 0 aliphatic carbocycles. The number of ether oxygens (including phenoxy) is 3. The van der Waals surface area contributed by atoms with Gasteiger partial charge in [0.25, 0.3) is 0 Å². The van der Waals surface area contributed by atoms with Crippen molar-refractivity contribution >= 4 is 9.84 Å². The van der Waals surface area contributed by atoms with Gasteiger partial charge in [0.15, 0.2) is 15.5 Å². The number of aromatic nitrogens is 3. The summed E-state index contributed by atoms with van der Waals surface area (Å²) in [7, 11) is -1.36. The number of halogens is 3. The van der Waals surface area contributed by atoms with Gasteiger partial charge in [0.1, 0.15) is 5.69 Å². The van der Waals surface area contributed by atoms with Gasteiger partial charge >= 0.3 is 6.18 Å². The van der Waals surface area contributed by atoms with Gasteiger partial charge in [-0.15, -0.1) is 5.10 Å². The second-order valence-corrected chi connectivity index (χ2v) is 9.52. The van der Waals surface area contributed by atoms with Crippen LogP contribution in [0.1, 0.15) is 11.4 Å². The first-order valence-corrected chi connectivity index (χ1v) is 11.9. The molecule has 0 unspecified atom stereocenters. The summed E-state index contributed by atoms with van der Waals surface area (Å²) in [4.78, 5) is 1.60. The van der Waals surface area contributed by atoms with Crippen molar-refractivity contribution in [2.45, 2.75) is 24.5 Å². The van der Waals surface area contributed by atoms with Gasteiger partial charge in [-0.2, -0.15) is 13.2 Å². The van der Waals surface area contributed by atoms with Crippen molar-refractivity contribution in [1.29, 1.82) is 0 Å². The van der Waals surface area contributed by atoms with Crippen LogP contribution in [0.2, 0.25) is 0 Å². The molecule has 1 aliphatic rings. The molecule has 1 saturated heterocycles. The monoisotopic (exact) mass is 473 g/mol. The molecule has 2 rings (SSSR count). The molecule has 0 spiro atoms. The van der Waals surface area contributed by atoms with Crippen LogP contribution >= 0.6 is 0 Å². The number of likely N-dealkylation sites (N-methyl/N-ethyl adjacent to an activating group) is 1. The van der Waals surface area contributed by atoms with Gasteiger partial charge in [-0.3, -0.25) is 4.90 Å². The fourth-order valence-electron chi connectivity index (χ4n) is 2.92. The normalized spacial score (nSPS) is 16.0. The van der Waals surface area contributed by atoms with Gasteiger partial charge < -0.3 is 19.5 Å². The van der Waals surface area contributed by atoms with Crippen LogP contribution in [0.5, 0.6) is 0 Å². The molecule has 0 atom stereocenters. The van der Waals surface area contributed by atoms with Crippen molar-refractivity contribution in [3.63, 3.8) is 0 Å². The molecule has 0 bridgehead atoms. The van der Waals surface area contributed by atoms with Crippen LogP contribution in [-0.4, -0.2) is 106 Å². The smallest absolute Gasteiger partial charge is 0.378 e. The third kappa shape index (κ3) is 8.61. The van der Waals surface area contributed by atoms with E-state index in [1.807, 2.05) is 7.05 Å². The Bertz CT molecular complexity index is 769. The third-order valence-corrected chi connectivity index (χ3v) is 6.17. The Kier molecular flexibility index (Phi) is 10.1. The average Bonchev–Trinajstić information content (AvgIpc) is 3.04. The molecule has 10 nitrogen and oxygen atoms in total. The second-order valence-electron chi connectivity index (χ2n) is 7.19. The molecule has 0 amide bonds. The Morgan fingerprint density at radius 3 is 2.19 bits per heavy atom. The van der Waals surface area contributed by atoms with E-state index in [-0.39, 0.29) is 45.1 Å². The molecular weight excluding hydrogens is 443 g/mol. The van der Waals surface area contributed by atoms with Crippen LogP contribution in [0.3, 0.4) is 0 Å². The van der Waals surface area contributed by atoms with E-state index >= 15 is 0 Å². The molecule has 0 saturated carbocycles. The maximum absolute atomic E-state index is 13.5. The summed E-state index contributed by atoms with van der Waals surface area (Å²) in [5, 5.41) is 9.68. The Labute approximate surface area is 179 Å². The third-order valence-electron chi connectivity index (χ3n) is 4.66. The van der Waals surface area contributed by atoms with Crippen LogP contribution in [0, 0.1) is 0 Å². The molecule has 14 heteroatoms. The van der Waals surface area contributed by atoms with E-state index in [4.69, 9.17) is 14.2 Å². The summed E-state index contributed by atoms with van der Waals surface area (Å²) < 4.78 is 80.1. The summed E-state index contributed by atoms with van der Waals surface area (Å²) in [5.74, 6) is 0. The number of hydrogen-bond donors (Lipinski definition) is 1. The molecule has 1 aromatic heterocycles. The fraction of sp³-hybridized carbons (Fsp3) is 0.882. The van der Waals surface area contributed by atoms with Gasteiger partial charge in [-0.1, -0.05) is 5.21 Å². The van der Waals surface area contributed by atoms with Crippen molar-refractivity contribution in [2.75, 3.05) is 72.6 Å². The molecule has 1 aliphatic heterocycles. The van der Waals surface area contributed by atoms with Crippen LogP contribution in [0.25, 0.3) is 0 Å². The van der Waals surface area contributed by atoms with E-state index < -0.39 is 27.0 Å². The number of hydrogen-bond acceptors (Lipinski definition) is 9. The van der Waals surface area contributed by atoms with Crippen molar-refractivity contribution < 1.29 is 35.8 Å². The largest absolute Gasteiger partial charge is 0.434 e. The average molecular weight is 474 g/mol. The van der Waals surface area contributed by atoms with Gasteiger partial charge in [0, 0.05) is 32.4 Å². The van der Waals surface area contributed by atoms with E-state index in [1.165, 1.54) is 0 Å². The SMILES string of the molecule is CNCCOCCOCCOCCn1nnc(CN2CC(S(C)(=O)=O)C2)c1C(F)(F)F. The van der Waals surface area contributed by atoms with Crippen LogP contribution < -0.4 is 5.32 Å². The Hall–Kier alpha value is -1.32. The molecule has 31 heavy (non-hydrogen) atoms. The second kappa shape index (κ2) is 12.1. The minimum absolute atomic E-state index is 0.0216. The Morgan fingerprint density at radius 2 is 1.65 bits per heavy atom. The summed E-state index contributed by atoms with van der Waals surface area (Å²) in [6, 6.07) is 0.